The summed E-state index contributed by atoms with van der Waals surface area (Å²) in [6.07, 6.45) is 1.35. The van der Waals surface area contributed by atoms with Crippen LogP contribution in [0.4, 0.5) is 13.2 Å². The lowest BCUT2D eigenvalue weighted by Gasteiger charge is -2.26. The van der Waals surface area contributed by atoms with E-state index in [-0.39, 0.29) is 28.9 Å². The molecule has 3 amide bonds. The van der Waals surface area contributed by atoms with E-state index in [1.54, 1.807) is 0 Å². The third kappa shape index (κ3) is 8.99. The first-order valence-corrected chi connectivity index (χ1v) is 11.4. The Labute approximate surface area is 206 Å². The summed E-state index contributed by atoms with van der Waals surface area (Å²) in [5.74, 6) is -4.41. The Morgan fingerprint density at radius 3 is 2.47 bits per heavy atom. The minimum absolute atomic E-state index is 0.0395. The van der Waals surface area contributed by atoms with Crippen molar-refractivity contribution in [2.75, 3.05) is 19.7 Å². The molecule has 0 aliphatic carbocycles. The number of fused-ring (bicyclic) bond motifs is 1. The average Bonchev–Trinajstić information content (AvgIpc) is 3.21. The quantitative estimate of drug-likeness (QED) is 0.368. The molecule has 36 heavy (non-hydrogen) atoms. The van der Waals surface area contributed by atoms with Crippen LogP contribution in [0.2, 0.25) is 0 Å². The van der Waals surface area contributed by atoms with Crippen molar-refractivity contribution in [2.24, 2.45) is 5.92 Å². The van der Waals surface area contributed by atoms with Crippen LogP contribution in [0.3, 0.4) is 0 Å². The second-order valence-corrected chi connectivity index (χ2v) is 9.39. The van der Waals surface area contributed by atoms with Gasteiger partial charge in [0.25, 0.3) is 5.91 Å². The predicted molar refractivity (Wildman–Crippen MR) is 126 cm³/mol. The van der Waals surface area contributed by atoms with Crippen molar-refractivity contribution in [1.29, 1.82) is 0 Å². The summed E-state index contributed by atoms with van der Waals surface area (Å²) >= 11 is 0. The topological polar surface area (TPSA) is 140 Å². The fraction of sp³-hybridized carbons (Fsp3) is 0.500. The van der Waals surface area contributed by atoms with E-state index in [4.69, 9.17) is 5.11 Å². The van der Waals surface area contributed by atoms with Gasteiger partial charge in [-0.05, 0) is 52.2 Å². The number of amides is 3. The fourth-order valence-corrected chi connectivity index (χ4v) is 3.51. The number of piperidine rings is 1. The number of halogens is 3. The molecule has 9 nitrogen and oxygen atoms in total. The lowest BCUT2D eigenvalue weighted by molar-refractivity contribution is -0.131. The van der Waals surface area contributed by atoms with Gasteiger partial charge >= 0.3 is 0 Å². The van der Waals surface area contributed by atoms with Crippen LogP contribution in [0.25, 0.3) is 10.9 Å². The molecule has 1 aromatic carbocycles. The zero-order chi connectivity index (χ0) is 27.0. The van der Waals surface area contributed by atoms with Gasteiger partial charge in [0.2, 0.25) is 11.8 Å². The first kappa shape index (κ1) is 28.8. The number of rotatable bonds is 8. The Morgan fingerprint density at radius 1 is 1.19 bits per heavy atom. The maximum Gasteiger partial charge on any atom is 0.268 e. The molecule has 3 rings (SSSR count). The molecule has 1 saturated heterocycles. The van der Waals surface area contributed by atoms with Gasteiger partial charge in [-0.3, -0.25) is 19.2 Å². The van der Waals surface area contributed by atoms with Gasteiger partial charge in [0.1, 0.15) is 29.6 Å². The number of benzene rings is 1. The first-order valence-electron chi connectivity index (χ1n) is 11.4. The number of Topliss-reactive ketones (excluding diaryl/α,β-unsaturated/α-hetero) is 1. The monoisotopic (exact) mass is 512 g/mol. The largest absolute Gasteiger partial charge is 0.389 e. The summed E-state index contributed by atoms with van der Waals surface area (Å²) in [5, 5.41) is 16.7. The van der Waals surface area contributed by atoms with Crippen molar-refractivity contribution < 1.29 is 37.5 Å². The van der Waals surface area contributed by atoms with Gasteiger partial charge in [-0.15, -0.1) is 0 Å². The zero-order valence-corrected chi connectivity index (χ0v) is 20.3. The summed E-state index contributed by atoms with van der Waals surface area (Å²) in [5.41, 5.74) is -1.12. The van der Waals surface area contributed by atoms with Crippen LogP contribution in [0.15, 0.2) is 18.2 Å². The number of aromatic nitrogens is 1. The summed E-state index contributed by atoms with van der Waals surface area (Å²) < 4.78 is 38.7. The number of hydrogen-bond donors (Lipinski definition) is 5. The predicted octanol–water partition coefficient (Wildman–Crippen LogP) is 1.89. The van der Waals surface area contributed by atoms with Crippen molar-refractivity contribution in [3.63, 3.8) is 0 Å². The molecule has 1 aliphatic heterocycles. The first-order chi connectivity index (χ1) is 16.8. The molecule has 12 heteroatoms. The average molecular weight is 513 g/mol. The lowest BCUT2D eigenvalue weighted by Crippen LogP contribution is -2.49. The molecular formula is C24H31F3N4O5. The number of aromatic amines is 1. The van der Waals surface area contributed by atoms with Gasteiger partial charge in [0.15, 0.2) is 5.78 Å². The van der Waals surface area contributed by atoms with E-state index < -0.39 is 60.0 Å². The van der Waals surface area contributed by atoms with Crippen molar-refractivity contribution in [1.82, 2.24) is 20.9 Å². The van der Waals surface area contributed by atoms with Crippen LogP contribution in [0, 0.1) is 17.6 Å². The minimum Gasteiger partial charge on any atom is -0.389 e. The van der Waals surface area contributed by atoms with Gasteiger partial charge < -0.3 is 26.0 Å². The molecule has 1 aromatic heterocycles. The number of carbonyl (C=O) groups is 4. The second kappa shape index (κ2) is 12.5. The minimum atomic E-state index is -1.08. The van der Waals surface area contributed by atoms with Gasteiger partial charge in [-0.2, -0.15) is 0 Å². The number of ketones is 1. The Kier molecular flexibility index (Phi) is 10.0. The Balaban J connectivity index is 0.000000830. The number of nitrogens with one attached hydrogen (secondary N) is 4. The Bertz CT molecular complexity index is 1110. The summed E-state index contributed by atoms with van der Waals surface area (Å²) in [6, 6.07) is 1.91. The summed E-state index contributed by atoms with van der Waals surface area (Å²) in [4.78, 5) is 50.9. The standard InChI is InChI=1S/C20H22F2N4O5.C4H9F/c21-12-4-11-6-15(26-18(11)13(22)7-12)20(31)24-8-17(29)25-14(16(28)9-27)5-10-2-1-3-23-19(10)30;1-4(2,3)5/h4,6-7,10,14,26-27H,1-3,5,8-9H2,(H,23,30)(H,24,31)(H,25,29);1-3H3/t10-,14-;/m0./s1. The fourth-order valence-electron chi connectivity index (χ4n) is 3.51. The number of alkyl halides is 1. The maximum absolute atomic E-state index is 13.8. The molecule has 0 radical (unpaired) electrons. The highest BCUT2D eigenvalue weighted by atomic mass is 19.1. The lowest BCUT2D eigenvalue weighted by atomic mass is 9.90. The van der Waals surface area contributed by atoms with Crippen LogP contribution in [-0.4, -0.2) is 65.0 Å². The molecule has 0 spiro atoms. The van der Waals surface area contributed by atoms with Crippen molar-refractivity contribution >= 4 is 34.4 Å². The SMILES string of the molecule is CC(C)(C)F.O=C(CNC(=O)c1cc2cc(F)cc(F)c2[nH]1)N[C@@H](C[C@@H]1CCCNC1=O)C(=O)CO. The van der Waals surface area contributed by atoms with Gasteiger partial charge in [-0.25, -0.2) is 13.2 Å². The normalized spacial score (nSPS) is 16.4. The van der Waals surface area contributed by atoms with Crippen molar-refractivity contribution in [2.45, 2.75) is 51.7 Å². The van der Waals surface area contributed by atoms with E-state index in [1.807, 2.05) is 0 Å². The highest BCUT2D eigenvalue weighted by molar-refractivity contribution is 6.00. The van der Waals surface area contributed by atoms with Crippen molar-refractivity contribution in [3.05, 3.63) is 35.5 Å². The van der Waals surface area contributed by atoms with E-state index in [9.17, 15) is 32.3 Å². The van der Waals surface area contributed by atoms with E-state index >= 15 is 0 Å². The summed E-state index contributed by atoms with van der Waals surface area (Å²) in [6.45, 7) is 3.81. The molecule has 0 bridgehead atoms. The highest BCUT2D eigenvalue weighted by Gasteiger charge is 2.29. The number of H-pyrrole nitrogens is 1. The Hall–Kier alpha value is -3.41. The molecule has 2 atom stereocenters. The number of hydrogen-bond acceptors (Lipinski definition) is 5. The molecule has 198 valence electrons. The molecule has 1 aliphatic rings. The van der Waals surface area contributed by atoms with Gasteiger partial charge in [0.05, 0.1) is 18.1 Å². The third-order valence-electron chi connectivity index (χ3n) is 5.10. The molecular weight excluding hydrogens is 481 g/mol. The highest BCUT2D eigenvalue weighted by Crippen LogP contribution is 2.20. The van der Waals surface area contributed by atoms with E-state index in [2.05, 4.69) is 20.9 Å². The molecule has 0 saturated carbocycles. The number of carbonyl (C=O) groups excluding carboxylic acids is 4. The maximum atomic E-state index is 13.8. The van der Waals surface area contributed by atoms with Crippen LogP contribution < -0.4 is 16.0 Å². The molecule has 2 aromatic rings. The smallest absolute Gasteiger partial charge is 0.268 e. The van der Waals surface area contributed by atoms with Crippen molar-refractivity contribution in [3.8, 4) is 0 Å². The second-order valence-electron chi connectivity index (χ2n) is 9.39. The molecule has 5 N–H and O–H groups in total. The Morgan fingerprint density at radius 2 is 1.86 bits per heavy atom. The van der Waals surface area contributed by atoms with E-state index in [0.29, 0.717) is 19.0 Å². The van der Waals surface area contributed by atoms with E-state index in [1.165, 1.54) is 26.8 Å². The molecule has 2 heterocycles. The van der Waals surface area contributed by atoms with Crippen LogP contribution in [-0.2, 0) is 14.4 Å². The zero-order valence-electron chi connectivity index (χ0n) is 20.3. The van der Waals surface area contributed by atoms with Crippen LogP contribution in [0.1, 0.15) is 50.5 Å². The summed E-state index contributed by atoms with van der Waals surface area (Å²) in [7, 11) is 0. The number of aliphatic hydroxyl groups is 1. The van der Waals surface area contributed by atoms with Crippen LogP contribution in [0.5, 0.6) is 0 Å². The van der Waals surface area contributed by atoms with Gasteiger partial charge in [0, 0.05) is 23.9 Å². The van der Waals surface area contributed by atoms with E-state index in [0.717, 1.165) is 12.5 Å². The van der Waals surface area contributed by atoms with Crippen LogP contribution >= 0.6 is 0 Å². The number of aliphatic hydroxyl groups excluding tert-OH is 1. The molecule has 0 unspecified atom stereocenters. The molecule has 1 fully saturated rings. The third-order valence-corrected chi connectivity index (χ3v) is 5.10. The van der Waals surface area contributed by atoms with Gasteiger partial charge in [-0.1, -0.05) is 0 Å².